The van der Waals surface area contributed by atoms with Crippen LogP contribution in [-0.2, 0) is 6.42 Å². The normalized spacial score (nSPS) is 12.5. The van der Waals surface area contributed by atoms with Gasteiger partial charge in [-0.3, -0.25) is 0 Å². The summed E-state index contributed by atoms with van der Waals surface area (Å²) in [5.74, 6) is 0. The summed E-state index contributed by atoms with van der Waals surface area (Å²) in [6.07, 6.45) is 2.68. The van der Waals surface area contributed by atoms with Crippen LogP contribution in [0.4, 0.5) is 0 Å². The fraction of sp³-hybridized carbons (Fsp3) is 0.333. The molecule has 2 N–H and O–H groups in total. The van der Waals surface area contributed by atoms with Crippen LogP contribution in [0, 0.1) is 13.8 Å². The van der Waals surface area contributed by atoms with E-state index in [0.717, 1.165) is 6.42 Å². The molecule has 0 aliphatic carbocycles. The average molecular weight is 175 g/mol. The highest BCUT2D eigenvalue weighted by atomic mass is 14.6. The molecule has 70 valence electrons. The Morgan fingerprint density at radius 1 is 1.46 bits per heavy atom. The van der Waals surface area contributed by atoms with Crippen molar-refractivity contribution in [3.05, 3.63) is 47.5 Å². The first-order valence-electron chi connectivity index (χ1n) is 4.57. The molecule has 1 aromatic rings. The Bertz CT molecular complexity index is 302. The summed E-state index contributed by atoms with van der Waals surface area (Å²) in [6.45, 7) is 7.90. The van der Waals surface area contributed by atoms with Gasteiger partial charge in [0.05, 0.1) is 0 Å². The number of hydrogen-bond acceptors (Lipinski definition) is 1. The lowest BCUT2D eigenvalue weighted by Crippen LogP contribution is -2.19. The fourth-order valence-electron chi connectivity index (χ4n) is 1.36. The van der Waals surface area contributed by atoms with E-state index >= 15 is 0 Å². The number of benzene rings is 1. The Hall–Kier alpha value is -1.08. The minimum Gasteiger partial charge on any atom is -0.324 e. The maximum Gasteiger partial charge on any atom is 0.0262 e. The van der Waals surface area contributed by atoms with Crippen LogP contribution in [0.1, 0.15) is 16.7 Å². The SMILES string of the molecule is C=CC(N)Cc1cc(C)ccc1C. The van der Waals surface area contributed by atoms with Gasteiger partial charge in [0.1, 0.15) is 0 Å². The molecule has 1 unspecified atom stereocenters. The zero-order valence-corrected chi connectivity index (χ0v) is 8.38. The van der Waals surface area contributed by atoms with Gasteiger partial charge in [0, 0.05) is 6.04 Å². The molecule has 1 aromatic carbocycles. The Morgan fingerprint density at radius 3 is 2.77 bits per heavy atom. The van der Waals surface area contributed by atoms with Crippen LogP contribution in [0.15, 0.2) is 30.9 Å². The maximum atomic E-state index is 5.81. The number of rotatable bonds is 3. The van der Waals surface area contributed by atoms with E-state index in [0.29, 0.717) is 0 Å². The molecule has 0 fully saturated rings. The van der Waals surface area contributed by atoms with Crippen LogP contribution >= 0.6 is 0 Å². The summed E-state index contributed by atoms with van der Waals surface area (Å²) >= 11 is 0. The van der Waals surface area contributed by atoms with Gasteiger partial charge in [0.15, 0.2) is 0 Å². The highest BCUT2D eigenvalue weighted by Gasteiger charge is 2.02. The lowest BCUT2D eigenvalue weighted by molar-refractivity contribution is 0.806. The highest BCUT2D eigenvalue weighted by molar-refractivity contribution is 5.31. The Morgan fingerprint density at radius 2 is 2.15 bits per heavy atom. The molecule has 0 aliphatic rings. The van der Waals surface area contributed by atoms with E-state index in [1.807, 2.05) is 0 Å². The summed E-state index contributed by atoms with van der Waals surface area (Å²) in [6, 6.07) is 6.53. The molecule has 1 nitrogen and oxygen atoms in total. The van der Waals surface area contributed by atoms with Crippen LogP contribution in [0.3, 0.4) is 0 Å². The second kappa shape index (κ2) is 4.24. The van der Waals surface area contributed by atoms with E-state index in [4.69, 9.17) is 5.73 Å². The highest BCUT2D eigenvalue weighted by Crippen LogP contribution is 2.12. The summed E-state index contributed by atoms with van der Waals surface area (Å²) in [4.78, 5) is 0. The first kappa shape index (κ1) is 10.0. The molecule has 0 heterocycles. The van der Waals surface area contributed by atoms with Gasteiger partial charge in [-0.15, -0.1) is 6.58 Å². The average Bonchev–Trinajstić information content (AvgIpc) is 2.11. The van der Waals surface area contributed by atoms with Crippen molar-refractivity contribution in [2.45, 2.75) is 26.3 Å². The minimum atomic E-state index is 0.0699. The first-order chi connectivity index (χ1) is 6.13. The van der Waals surface area contributed by atoms with Crippen LogP contribution in [0.5, 0.6) is 0 Å². The summed E-state index contributed by atoms with van der Waals surface area (Å²) < 4.78 is 0. The van der Waals surface area contributed by atoms with Gasteiger partial charge < -0.3 is 5.73 Å². The van der Waals surface area contributed by atoms with E-state index in [2.05, 4.69) is 38.6 Å². The van der Waals surface area contributed by atoms with Gasteiger partial charge in [0.2, 0.25) is 0 Å². The van der Waals surface area contributed by atoms with Gasteiger partial charge in [0.25, 0.3) is 0 Å². The van der Waals surface area contributed by atoms with Crippen molar-refractivity contribution >= 4 is 0 Å². The van der Waals surface area contributed by atoms with E-state index in [-0.39, 0.29) is 6.04 Å². The lowest BCUT2D eigenvalue weighted by Gasteiger charge is -2.09. The van der Waals surface area contributed by atoms with E-state index in [1.165, 1.54) is 16.7 Å². The molecule has 0 aliphatic heterocycles. The van der Waals surface area contributed by atoms with E-state index < -0.39 is 0 Å². The molecule has 0 saturated carbocycles. The molecule has 0 radical (unpaired) electrons. The maximum absolute atomic E-state index is 5.81. The van der Waals surface area contributed by atoms with Crippen molar-refractivity contribution in [2.75, 3.05) is 0 Å². The van der Waals surface area contributed by atoms with Crippen molar-refractivity contribution in [1.29, 1.82) is 0 Å². The molecule has 0 amide bonds. The fourth-order valence-corrected chi connectivity index (χ4v) is 1.36. The number of aryl methyl sites for hydroxylation is 2. The quantitative estimate of drug-likeness (QED) is 0.701. The Balaban J connectivity index is 2.86. The number of nitrogens with two attached hydrogens (primary N) is 1. The van der Waals surface area contributed by atoms with Crippen LogP contribution in [0.2, 0.25) is 0 Å². The molecule has 1 heteroatoms. The summed E-state index contributed by atoms with van der Waals surface area (Å²) in [7, 11) is 0. The molecule has 0 saturated heterocycles. The predicted octanol–water partition coefficient (Wildman–Crippen LogP) is 2.36. The van der Waals surface area contributed by atoms with Gasteiger partial charge in [-0.25, -0.2) is 0 Å². The molecular weight excluding hydrogens is 158 g/mol. The molecule has 13 heavy (non-hydrogen) atoms. The Kier molecular flexibility index (Phi) is 3.26. The van der Waals surface area contributed by atoms with Crippen molar-refractivity contribution < 1.29 is 0 Å². The van der Waals surface area contributed by atoms with Gasteiger partial charge in [-0.05, 0) is 31.4 Å². The topological polar surface area (TPSA) is 26.0 Å². The van der Waals surface area contributed by atoms with Crippen molar-refractivity contribution in [2.24, 2.45) is 5.73 Å². The first-order valence-corrected chi connectivity index (χ1v) is 4.57. The largest absolute Gasteiger partial charge is 0.324 e. The van der Waals surface area contributed by atoms with E-state index in [1.54, 1.807) is 6.08 Å². The molecule has 1 rings (SSSR count). The third kappa shape index (κ3) is 2.71. The van der Waals surface area contributed by atoms with Crippen LogP contribution in [-0.4, -0.2) is 6.04 Å². The van der Waals surface area contributed by atoms with Crippen LogP contribution < -0.4 is 5.73 Å². The zero-order valence-electron chi connectivity index (χ0n) is 8.38. The van der Waals surface area contributed by atoms with Crippen molar-refractivity contribution in [3.8, 4) is 0 Å². The molecule has 1 atom stereocenters. The lowest BCUT2D eigenvalue weighted by atomic mass is 9.99. The van der Waals surface area contributed by atoms with Crippen molar-refractivity contribution in [1.82, 2.24) is 0 Å². The second-order valence-electron chi connectivity index (χ2n) is 3.53. The second-order valence-corrected chi connectivity index (χ2v) is 3.53. The van der Waals surface area contributed by atoms with Crippen LogP contribution in [0.25, 0.3) is 0 Å². The van der Waals surface area contributed by atoms with Gasteiger partial charge in [-0.1, -0.05) is 29.8 Å². The standard InChI is InChI=1S/C12H17N/c1-4-12(13)8-11-7-9(2)5-6-10(11)3/h4-7,12H,1,8,13H2,2-3H3. The molecule has 0 bridgehead atoms. The summed E-state index contributed by atoms with van der Waals surface area (Å²) in [5.41, 5.74) is 9.73. The molecular formula is C12H17N. The zero-order chi connectivity index (χ0) is 9.84. The third-order valence-electron chi connectivity index (χ3n) is 2.26. The van der Waals surface area contributed by atoms with Crippen molar-refractivity contribution in [3.63, 3.8) is 0 Å². The summed E-state index contributed by atoms with van der Waals surface area (Å²) in [5, 5.41) is 0. The van der Waals surface area contributed by atoms with E-state index in [9.17, 15) is 0 Å². The Labute approximate surface area is 80.3 Å². The van der Waals surface area contributed by atoms with Gasteiger partial charge >= 0.3 is 0 Å². The number of hydrogen-bond donors (Lipinski definition) is 1. The van der Waals surface area contributed by atoms with Gasteiger partial charge in [-0.2, -0.15) is 0 Å². The third-order valence-corrected chi connectivity index (χ3v) is 2.26. The molecule has 0 spiro atoms. The molecule has 0 aromatic heterocycles. The smallest absolute Gasteiger partial charge is 0.0262 e. The monoisotopic (exact) mass is 175 g/mol. The predicted molar refractivity (Wildman–Crippen MR) is 57.8 cm³/mol. The minimum absolute atomic E-state index is 0.0699.